The molecule has 0 heterocycles. The molecule has 0 saturated heterocycles. The van der Waals surface area contributed by atoms with Crippen LogP contribution in [0.2, 0.25) is 0 Å². The first-order chi connectivity index (χ1) is 6.77. The monoisotopic (exact) mass is 215 g/mol. The SMILES string of the molecule is CCC(CCl)NCc1ccccc1F. The Bertz CT molecular complexity index is 274. The lowest BCUT2D eigenvalue weighted by molar-refractivity contribution is 0.520. The van der Waals surface area contributed by atoms with Crippen LogP contribution < -0.4 is 5.32 Å². The molecule has 1 N–H and O–H groups in total. The predicted molar refractivity (Wildman–Crippen MR) is 58.0 cm³/mol. The number of hydrogen-bond donors (Lipinski definition) is 1. The van der Waals surface area contributed by atoms with Crippen LogP contribution in [-0.2, 0) is 6.54 Å². The van der Waals surface area contributed by atoms with Crippen LogP contribution in [0.3, 0.4) is 0 Å². The van der Waals surface area contributed by atoms with E-state index in [0.717, 1.165) is 6.42 Å². The minimum absolute atomic E-state index is 0.163. The van der Waals surface area contributed by atoms with Gasteiger partial charge in [-0.3, -0.25) is 0 Å². The van der Waals surface area contributed by atoms with Crippen molar-refractivity contribution in [3.05, 3.63) is 35.6 Å². The van der Waals surface area contributed by atoms with Gasteiger partial charge in [0.15, 0.2) is 0 Å². The number of halogens is 2. The fourth-order valence-corrected chi connectivity index (χ4v) is 1.53. The first-order valence-electron chi connectivity index (χ1n) is 4.80. The van der Waals surface area contributed by atoms with E-state index in [4.69, 9.17) is 11.6 Å². The highest BCUT2D eigenvalue weighted by molar-refractivity contribution is 6.18. The van der Waals surface area contributed by atoms with Crippen molar-refractivity contribution >= 4 is 11.6 Å². The van der Waals surface area contributed by atoms with Crippen molar-refractivity contribution in [3.8, 4) is 0 Å². The quantitative estimate of drug-likeness (QED) is 0.745. The van der Waals surface area contributed by atoms with Gasteiger partial charge in [-0.1, -0.05) is 25.1 Å². The van der Waals surface area contributed by atoms with Crippen LogP contribution in [0.5, 0.6) is 0 Å². The maximum Gasteiger partial charge on any atom is 0.127 e. The van der Waals surface area contributed by atoms with E-state index in [1.165, 1.54) is 6.07 Å². The molecule has 1 aromatic carbocycles. The Hall–Kier alpha value is -0.600. The molecule has 0 amide bonds. The van der Waals surface area contributed by atoms with Gasteiger partial charge < -0.3 is 5.32 Å². The molecule has 78 valence electrons. The van der Waals surface area contributed by atoms with Crippen molar-refractivity contribution in [2.45, 2.75) is 25.9 Å². The Morgan fingerprint density at radius 1 is 1.43 bits per heavy atom. The van der Waals surface area contributed by atoms with Crippen molar-refractivity contribution in [3.63, 3.8) is 0 Å². The van der Waals surface area contributed by atoms with Crippen LogP contribution in [0.25, 0.3) is 0 Å². The Morgan fingerprint density at radius 2 is 2.14 bits per heavy atom. The van der Waals surface area contributed by atoms with Gasteiger partial charge in [0.1, 0.15) is 5.82 Å². The van der Waals surface area contributed by atoms with Gasteiger partial charge in [0.05, 0.1) is 0 Å². The summed E-state index contributed by atoms with van der Waals surface area (Å²) in [5.74, 6) is 0.398. The minimum Gasteiger partial charge on any atom is -0.309 e. The summed E-state index contributed by atoms with van der Waals surface area (Å²) in [5, 5.41) is 3.20. The number of benzene rings is 1. The molecule has 0 radical (unpaired) electrons. The second-order valence-electron chi connectivity index (χ2n) is 3.23. The second-order valence-corrected chi connectivity index (χ2v) is 3.54. The molecule has 14 heavy (non-hydrogen) atoms. The van der Waals surface area contributed by atoms with Gasteiger partial charge in [0.2, 0.25) is 0 Å². The molecule has 0 aliphatic heterocycles. The van der Waals surface area contributed by atoms with Crippen LogP contribution in [-0.4, -0.2) is 11.9 Å². The van der Waals surface area contributed by atoms with E-state index in [1.807, 2.05) is 6.07 Å². The average Bonchev–Trinajstić information content (AvgIpc) is 2.22. The number of nitrogens with one attached hydrogen (secondary N) is 1. The Labute approximate surface area is 89.3 Å². The van der Waals surface area contributed by atoms with Crippen molar-refractivity contribution in [2.24, 2.45) is 0 Å². The van der Waals surface area contributed by atoms with Gasteiger partial charge in [-0.25, -0.2) is 4.39 Å². The summed E-state index contributed by atoms with van der Waals surface area (Å²) < 4.78 is 13.2. The molecule has 3 heteroatoms. The fourth-order valence-electron chi connectivity index (χ4n) is 1.20. The van der Waals surface area contributed by atoms with Gasteiger partial charge >= 0.3 is 0 Å². The summed E-state index contributed by atoms with van der Waals surface area (Å²) in [7, 11) is 0. The van der Waals surface area contributed by atoms with E-state index < -0.39 is 0 Å². The number of alkyl halides is 1. The average molecular weight is 216 g/mol. The van der Waals surface area contributed by atoms with E-state index >= 15 is 0 Å². The molecule has 0 aromatic heterocycles. The first-order valence-corrected chi connectivity index (χ1v) is 5.34. The van der Waals surface area contributed by atoms with Crippen molar-refractivity contribution in [1.29, 1.82) is 0 Å². The van der Waals surface area contributed by atoms with E-state index in [-0.39, 0.29) is 11.9 Å². The summed E-state index contributed by atoms with van der Waals surface area (Å²) in [4.78, 5) is 0. The zero-order valence-electron chi connectivity index (χ0n) is 8.26. The largest absolute Gasteiger partial charge is 0.309 e. The number of hydrogen-bond acceptors (Lipinski definition) is 1. The molecule has 0 spiro atoms. The van der Waals surface area contributed by atoms with Gasteiger partial charge in [0, 0.05) is 24.0 Å². The highest BCUT2D eigenvalue weighted by atomic mass is 35.5. The Balaban J connectivity index is 2.49. The molecule has 1 aromatic rings. The third kappa shape index (κ3) is 3.28. The highest BCUT2D eigenvalue weighted by Crippen LogP contribution is 2.06. The lowest BCUT2D eigenvalue weighted by atomic mass is 10.2. The standard InChI is InChI=1S/C11H15ClFN/c1-2-10(7-12)14-8-9-5-3-4-6-11(9)13/h3-6,10,14H,2,7-8H2,1H3. The Morgan fingerprint density at radius 3 is 2.71 bits per heavy atom. The van der Waals surface area contributed by atoms with Gasteiger partial charge in [0.25, 0.3) is 0 Å². The normalized spacial score (nSPS) is 12.8. The van der Waals surface area contributed by atoms with Crippen LogP contribution in [0.4, 0.5) is 4.39 Å². The van der Waals surface area contributed by atoms with Gasteiger partial charge in [-0.15, -0.1) is 11.6 Å². The van der Waals surface area contributed by atoms with Crippen LogP contribution >= 0.6 is 11.6 Å². The third-order valence-electron chi connectivity index (χ3n) is 2.22. The molecule has 0 aliphatic rings. The molecule has 0 saturated carbocycles. The fraction of sp³-hybridized carbons (Fsp3) is 0.455. The molecule has 1 atom stereocenters. The van der Waals surface area contributed by atoms with E-state index in [2.05, 4.69) is 12.2 Å². The minimum atomic E-state index is -0.163. The van der Waals surface area contributed by atoms with Crippen molar-refractivity contribution in [1.82, 2.24) is 5.32 Å². The summed E-state index contributed by atoms with van der Waals surface area (Å²) in [6, 6.07) is 7.04. The van der Waals surface area contributed by atoms with E-state index in [1.54, 1.807) is 12.1 Å². The summed E-state index contributed by atoms with van der Waals surface area (Å²) in [5.41, 5.74) is 0.691. The molecule has 0 bridgehead atoms. The van der Waals surface area contributed by atoms with Crippen LogP contribution in [0.1, 0.15) is 18.9 Å². The zero-order chi connectivity index (χ0) is 10.4. The summed E-state index contributed by atoms with van der Waals surface area (Å²) in [6.07, 6.45) is 0.956. The smallest absolute Gasteiger partial charge is 0.127 e. The highest BCUT2D eigenvalue weighted by Gasteiger charge is 2.05. The molecular weight excluding hydrogens is 201 g/mol. The summed E-state index contributed by atoms with van der Waals surface area (Å²) in [6.45, 7) is 2.60. The number of rotatable bonds is 5. The van der Waals surface area contributed by atoms with Gasteiger partial charge in [-0.05, 0) is 12.5 Å². The molecular formula is C11H15ClFN. The molecule has 0 aliphatic carbocycles. The van der Waals surface area contributed by atoms with Crippen molar-refractivity contribution in [2.75, 3.05) is 5.88 Å². The van der Waals surface area contributed by atoms with Crippen LogP contribution in [0, 0.1) is 5.82 Å². The van der Waals surface area contributed by atoms with E-state index in [9.17, 15) is 4.39 Å². The second kappa shape index (κ2) is 5.99. The third-order valence-corrected chi connectivity index (χ3v) is 2.59. The maximum atomic E-state index is 13.2. The first kappa shape index (κ1) is 11.5. The molecule has 1 unspecified atom stereocenters. The topological polar surface area (TPSA) is 12.0 Å². The maximum absolute atomic E-state index is 13.2. The molecule has 1 nitrogen and oxygen atoms in total. The lowest BCUT2D eigenvalue weighted by Crippen LogP contribution is -2.29. The van der Waals surface area contributed by atoms with Crippen LogP contribution in [0.15, 0.2) is 24.3 Å². The zero-order valence-corrected chi connectivity index (χ0v) is 9.02. The summed E-state index contributed by atoms with van der Waals surface area (Å²) >= 11 is 5.72. The van der Waals surface area contributed by atoms with Gasteiger partial charge in [-0.2, -0.15) is 0 Å². The predicted octanol–water partition coefficient (Wildman–Crippen LogP) is 2.93. The molecule has 0 fully saturated rings. The van der Waals surface area contributed by atoms with Crippen molar-refractivity contribution < 1.29 is 4.39 Å². The Kier molecular flexibility index (Phi) is 4.91. The molecule has 1 rings (SSSR count). The lowest BCUT2D eigenvalue weighted by Gasteiger charge is -2.13. The van der Waals surface area contributed by atoms with E-state index in [0.29, 0.717) is 18.0 Å².